The van der Waals surface area contributed by atoms with Crippen LogP contribution >= 0.6 is 0 Å². The SMILES string of the molecule is CCCCc1ccccc1[N+](O)(CCCC)CCCC.[Cl-]. The van der Waals surface area contributed by atoms with Crippen molar-refractivity contribution in [2.45, 2.75) is 65.7 Å². The van der Waals surface area contributed by atoms with Gasteiger partial charge in [0.05, 0.1) is 0 Å². The van der Waals surface area contributed by atoms with E-state index in [9.17, 15) is 5.21 Å². The second kappa shape index (κ2) is 11.1. The molecule has 0 fully saturated rings. The van der Waals surface area contributed by atoms with Crippen LogP contribution in [0.1, 0.15) is 64.9 Å². The molecule has 0 aliphatic rings. The molecule has 21 heavy (non-hydrogen) atoms. The number of benzene rings is 1. The molecule has 0 saturated carbocycles. The first-order chi connectivity index (χ1) is 9.68. The van der Waals surface area contributed by atoms with Gasteiger partial charge in [0.1, 0.15) is 13.1 Å². The molecule has 1 aromatic rings. The summed E-state index contributed by atoms with van der Waals surface area (Å²) >= 11 is 0. The number of nitrogens with zero attached hydrogens (tertiary/aromatic N) is 1. The molecule has 0 bridgehead atoms. The van der Waals surface area contributed by atoms with E-state index in [0.717, 1.165) is 50.9 Å². The largest absolute Gasteiger partial charge is 1.00 e. The van der Waals surface area contributed by atoms with Crippen LogP contribution in [0.15, 0.2) is 24.3 Å². The van der Waals surface area contributed by atoms with Crippen molar-refractivity contribution in [3.8, 4) is 0 Å². The predicted octanol–water partition coefficient (Wildman–Crippen LogP) is 2.33. The second-order valence-corrected chi connectivity index (χ2v) is 5.81. The minimum atomic E-state index is 0. The Labute approximate surface area is 137 Å². The highest BCUT2D eigenvalue weighted by molar-refractivity contribution is 5.49. The summed E-state index contributed by atoms with van der Waals surface area (Å²) in [6.45, 7) is 8.26. The van der Waals surface area contributed by atoms with Crippen LogP contribution in [0.2, 0.25) is 0 Å². The van der Waals surface area contributed by atoms with E-state index in [1.807, 2.05) is 0 Å². The third kappa shape index (κ3) is 6.37. The first kappa shape index (κ1) is 20.4. The van der Waals surface area contributed by atoms with Gasteiger partial charge in [-0.3, -0.25) is 0 Å². The molecule has 1 N–H and O–H groups in total. The number of hydrogen-bond donors (Lipinski definition) is 1. The van der Waals surface area contributed by atoms with Crippen LogP contribution in [0.25, 0.3) is 0 Å². The van der Waals surface area contributed by atoms with Gasteiger partial charge in [0.25, 0.3) is 0 Å². The van der Waals surface area contributed by atoms with Crippen LogP contribution in [-0.2, 0) is 6.42 Å². The van der Waals surface area contributed by atoms with E-state index in [1.54, 1.807) is 0 Å². The third-order valence-electron chi connectivity index (χ3n) is 4.00. The molecule has 2 nitrogen and oxygen atoms in total. The number of aryl methyl sites for hydroxylation is 1. The Bertz CT molecular complexity index is 373. The van der Waals surface area contributed by atoms with Crippen LogP contribution in [0.3, 0.4) is 0 Å². The Balaban J connectivity index is 0.00000400. The standard InChI is InChI=1S/C18H32NO.ClH/c1-4-7-12-17-13-10-11-14-18(17)19(20,15-8-5-2)16-9-6-3;/h10-11,13-14,20H,4-9,12,15-16H2,1-3H3;1H/q+1;/p-1. The summed E-state index contributed by atoms with van der Waals surface area (Å²) < 4.78 is 0.127. The number of halogens is 1. The summed E-state index contributed by atoms with van der Waals surface area (Å²) in [6, 6.07) is 8.47. The van der Waals surface area contributed by atoms with Gasteiger partial charge in [0.2, 0.25) is 0 Å². The molecule has 0 aliphatic heterocycles. The summed E-state index contributed by atoms with van der Waals surface area (Å²) in [4.78, 5) is 0. The van der Waals surface area contributed by atoms with Gasteiger partial charge in [-0.15, -0.1) is 0 Å². The van der Waals surface area contributed by atoms with E-state index in [2.05, 4.69) is 45.0 Å². The average Bonchev–Trinajstić information content (AvgIpc) is 2.49. The third-order valence-corrected chi connectivity index (χ3v) is 4.00. The van der Waals surface area contributed by atoms with E-state index in [-0.39, 0.29) is 17.1 Å². The van der Waals surface area contributed by atoms with Gasteiger partial charge in [-0.2, -0.15) is 4.65 Å². The highest BCUT2D eigenvalue weighted by atomic mass is 35.5. The molecule has 0 radical (unpaired) electrons. The van der Waals surface area contributed by atoms with E-state index in [0.29, 0.717) is 0 Å². The van der Waals surface area contributed by atoms with Gasteiger partial charge in [-0.05, 0) is 25.7 Å². The first-order valence-corrected chi connectivity index (χ1v) is 8.36. The fourth-order valence-electron chi connectivity index (χ4n) is 2.69. The van der Waals surface area contributed by atoms with Gasteiger partial charge in [-0.25, -0.2) is 5.21 Å². The molecule has 1 rings (SSSR count). The zero-order valence-corrected chi connectivity index (χ0v) is 14.7. The lowest BCUT2D eigenvalue weighted by atomic mass is 10.0. The number of unbranched alkanes of at least 4 members (excludes halogenated alkanes) is 3. The number of hydroxylamine groups is 2. The number of para-hydroxylation sites is 1. The highest BCUT2D eigenvalue weighted by Crippen LogP contribution is 2.28. The maximum Gasteiger partial charge on any atom is 0.168 e. The molecule has 0 unspecified atom stereocenters. The fourth-order valence-corrected chi connectivity index (χ4v) is 2.69. The molecular weight excluding hydrogens is 282 g/mol. The lowest BCUT2D eigenvalue weighted by Crippen LogP contribution is -3.00. The van der Waals surface area contributed by atoms with Gasteiger partial charge in [0.15, 0.2) is 5.69 Å². The van der Waals surface area contributed by atoms with Crippen molar-refractivity contribution in [2.75, 3.05) is 13.1 Å². The Kier molecular flexibility index (Phi) is 10.8. The fraction of sp³-hybridized carbons (Fsp3) is 0.667. The van der Waals surface area contributed by atoms with Crippen molar-refractivity contribution in [1.29, 1.82) is 0 Å². The van der Waals surface area contributed by atoms with Crippen molar-refractivity contribution < 1.29 is 17.6 Å². The van der Waals surface area contributed by atoms with E-state index < -0.39 is 0 Å². The minimum Gasteiger partial charge on any atom is -1.00 e. The molecule has 0 heterocycles. The van der Waals surface area contributed by atoms with Gasteiger partial charge in [-0.1, -0.05) is 58.2 Å². The molecule has 1 aromatic carbocycles. The Morgan fingerprint density at radius 2 is 1.38 bits per heavy atom. The van der Waals surface area contributed by atoms with Crippen LogP contribution in [0.4, 0.5) is 5.69 Å². The summed E-state index contributed by atoms with van der Waals surface area (Å²) in [5.41, 5.74) is 2.45. The van der Waals surface area contributed by atoms with Crippen molar-refractivity contribution >= 4 is 5.69 Å². The Morgan fingerprint density at radius 1 is 0.857 bits per heavy atom. The normalized spacial score (nSPS) is 11.2. The van der Waals surface area contributed by atoms with Crippen LogP contribution < -0.4 is 17.1 Å². The van der Waals surface area contributed by atoms with Crippen molar-refractivity contribution in [1.82, 2.24) is 4.65 Å². The van der Waals surface area contributed by atoms with E-state index >= 15 is 0 Å². The number of hydrogen-bond acceptors (Lipinski definition) is 1. The second-order valence-electron chi connectivity index (χ2n) is 5.81. The van der Waals surface area contributed by atoms with Crippen LogP contribution in [0.5, 0.6) is 0 Å². The topological polar surface area (TPSA) is 20.2 Å². The number of rotatable bonds is 10. The maximum absolute atomic E-state index is 11.2. The predicted molar refractivity (Wildman–Crippen MR) is 88.2 cm³/mol. The summed E-state index contributed by atoms with van der Waals surface area (Å²) in [5.74, 6) is 0. The Hall–Kier alpha value is -0.570. The van der Waals surface area contributed by atoms with Crippen molar-refractivity contribution in [2.24, 2.45) is 0 Å². The monoisotopic (exact) mass is 313 g/mol. The summed E-state index contributed by atoms with van der Waals surface area (Å²) in [7, 11) is 0. The van der Waals surface area contributed by atoms with E-state index in [4.69, 9.17) is 0 Å². The molecule has 0 aliphatic carbocycles. The highest BCUT2D eigenvalue weighted by Gasteiger charge is 2.30. The minimum absolute atomic E-state index is 0. The zero-order valence-electron chi connectivity index (χ0n) is 13.9. The van der Waals surface area contributed by atoms with Gasteiger partial charge >= 0.3 is 0 Å². The average molecular weight is 314 g/mol. The molecule has 122 valence electrons. The van der Waals surface area contributed by atoms with E-state index in [1.165, 1.54) is 18.4 Å². The first-order valence-electron chi connectivity index (χ1n) is 8.36. The van der Waals surface area contributed by atoms with Crippen LogP contribution in [0, 0.1) is 0 Å². The summed E-state index contributed by atoms with van der Waals surface area (Å²) in [5, 5.41) is 11.2. The molecule has 0 aromatic heterocycles. The van der Waals surface area contributed by atoms with Crippen LogP contribution in [-0.4, -0.2) is 18.3 Å². The van der Waals surface area contributed by atoms with Gasteiger partial charge < -0.3 is 12.4 Å². The molecule has 0 saturated heterocycles. The Morgan fingerprint density at radius 3 is 1.90 bits per heavy atom. The molecular formula is C18H32ClNO. The van der Waals surface area contributed by atoms with Gasteiger partial charge in [0, 0.05) is 11.6 Å². The smallest absolute Gasteiger partial charge is 0.168 e. The molecule has 0 amide bonds. The van der Waals surface area contributed by atoms with Crippen molar-refractivity contribution in [3.63, 3.8) is 0 Å². The lowest BCUT2D eigenvalue weighted by Gasteiger charge is -2.31. The molecule has 0 atom stereocenters. The molecule has 3 heteroatoms. The van der Waals surface area contributed by atoms with Crippen molar-refractivity contribution in [3.05, 3.63) is 29.8 Å². The summed E-state index contributed by atoms with van der Waals surface area (Å²) in [6.07, 6.45) is 7.87. The molecule has 0 spiro atoms. The number of quaternary nitrogens is 1. The maximum atomic E-state index is 11.2. The lowest BCUT2D eigenvalue weighted by molar-refractivity contribution is -0.0820. The quantitative estimate of drug-likeness (QED) is 0.519. The zero-order chi connectivity index (χ0) is 14.8.